The molecule has 0 spiro atoms. The Kier molecular flexibility index (Phi) is 2.90. The Balaban J connectivity index is 2.50. The van der Waals surface area contributed by atoms with Crippen molar-refractivity contribution < 1.29 is 0 Å². The number of pyridine rings is 1. The average molecular weight is 279 g/mol. The molecule has 2 aromatic rings. The third kappa shape index (κ3) is 1.65. The molecule has 1 aliphatic carbocycles. The molecule has 0 radical (unpaired) electrons. The molecule has 1 heterocycles. The quantitative estimate of drug-likeness (QED) is 0.467. The predicted octanol–water partition coefficient (Wildman–Crippen LogP) is 3.01. The maximum absolute atomic E-state index is 9.20. The van der Waals surface area contributed by atoms with E-state index in [1.54, 1.807) is 18.2 Å². The molecule has 22 heavy (non-hydrogen) atoms. The van der Waals surface area contributed by atoms with Gasteiger partial charge in [-0.05, 0) is 17.2 Å². The van der Waals surface area contributed by atoms with Crippen molar-refractivity contribution in [3.63, 3.8) is 0 Å². The minimum atomic E-state index is -0.0766. The fraction of sp³-hybridized carbons (Fsp3) is 0. The first-order valence-corrected chi connectivity index (χ1v) is 6.22. The van der Waals surface area contributed by atoms with Crippen LogP contribution in [0, 0.1) is 40.6 Å². The summed E-state index contributed by atoms with van der Waals surface area (Å²) in [6.45, 7) is 7.18. The molecule has 0 N–H and O–H groups in total. The van der Waals surface area contributed by atoms with Crippen molar-refractivity contribution >= 4 is 5.57 Å². The van der Waals surface area contributed by atoms with Crippen molar-refractivity contribution in [2.75, 3.05) is 0 Å². The molecule has 0 bridgehead atoms. The fourth-order valence-corrected chi connectivity index (χ4v) is 2.52. The molecular formula is C17H5N5. The first-order chi connectivity index (χ1) is 10.7. The Morgan fingerprint density at radius 1 is 1.05 bits per heavy atom. The topological polar surface area (TPSA) is 88.6 Å². The van der Waals surface area contributed by atoms with Crippen molar-refractivity contribution in [1.29, 1.82) is 15.8 Å². The van der Waals surface area contributed by atoms with Crippen LogP contribution in [0.2, 0.25) is 0 Å². The number of hydrogen-bond acceptors (Lipinski definition) is 4. The fourth-order valence-electron chi connectivity index (χ4n) is 2.52. The van der Waals surface area contributed by atoms with Crippen molar-refractivity contribution in [2.45, 2.75) is 0 Å². The molecule has 5 nitrogen and oxygen atoms in total. The van der Waals surface area contributed by atoms with E-state index in [4.69, 9.17) is 17.1 Å². The number of aromatic nitrogens is 1. The molecule has 1 aromatic carbocycles. The number of benzene rings is 1. The lowest BCUT2D eigenvalue weighted by atomic mass is 10.0. The molecule has 0 unspecified atom stereocenters. The lowest BCUT2D eigenvalue weighted by Gasteiger charge is -2.03. The van der Waals surface area contributed by atoms with Crippen molar-refractivity contribution in [3.05, 3.63) is 70.0 Å². The minimum absolute atomic E-state index is 0.00572. The van der Waals surface area contributed by atoms with E-state index in [9.17, 15) is 5.26 Å². The van der Waals surface area contributed by atoms with Gasteiger partial charge in [0.2, 0.25) is 0 Å². The van der Waals surface area contributed by atoms with Gasteiger partial charge in [-0.3, -0.25) is 0 Å². The first-order valence-electron chi connectivity index (χ1n) is 6.22. The van der Waals surface area contributed by atoms with Crippen LogP contribution in [0.15, 0.2) is 36.0 Å². The van der Waals surface area contributed by atoms with Gasteiger partial charge in [0.15, 0.2) is 5.69 Å². The van der Waals surface area contributed by atoms with Crippen molar-refractivity contribution in [3.8, 4) is 29.3 Å². The van der Waals surface area contributed by atoms with Crippen LogP contribution in [0.1, 0.15) is 22.5 Å². The lowest BCUT2D eigenvalue weighted by molar-refractivity contribution is 1.22. The molecule has 0 saturated carbocycles. The van der Waals surface area contributed by atoms with Crippen molar-refractivity contribution in [2.24, 2.45) is 0 Å². The van der Waals surface area contributed by atoms with Gasteiger partial charge in [-0.2, -0.15) is 10.5 Å². The standard InChI is InChI=1S/C17H5N5/c1-21-15(9-20)16-12-5-3-2-4-11(12)13-6-10(7-18)14(8-19)22-17(13)16/h2-6H/b16-15+. The zero-order chi connectivity index (χ0) is 15.7. The van der Waals surface area contributed by atoms with E-state index in [0.717, 1.165) is 11.1 Å². The number of nitrogens with zero attached hydrogens (tertiary/aromatic N) is 5. The van der Waals surface area contributed by atoms with E-state index in [2.05, 4.69) is 9.83 Å². The van der Waals surface area contributed by atoms with Gasteiger partial charge in [-0.1, -0.05) is 24.3 Å². The molecule has 0 amide bonds. The van der Waals surface area contributed by atoms with E-state index in [1.807, 2.05) is 30.3 Å². The molecule has 1 aromatic heterocycles. The van der Waals surface area contributed by atoms with Crippen LogP contribution < -0.4 is 0 Å². The number of rotatable bonds is 0. The van der Waals surface area contributed by atoms with Crippen LogP contribution in [0.3, 0.4) is 0 Å². The summed E-state index contributed by atoms with van der Waals surface area (Å²) in [6, 6.07) is 14.6. The molecule has 3 rings (SSSR count). The first kappa shape index (κ1) is 13.1. The van der Waals surface area contributed by atoms with Gasteiger partial charge in [-0.15, -0.1) is 0 Å². The maximum atomic E-state index is 9.20. The normalized spacial score (nSPS) is 12.9. The minimum Gasteiger partial charge on any atom is -0.236 e. The molecule has 0 atom stereocenters. The number of hydrogen-bond donors (Lipinski definition) is 0. The van der Waals surface area contributed by atoms with Crippen LogP contribution in [0.4, 0.5) is 0 Å². The molecular weight excluding hydrogens is 274 g/mol. The summed E-state index contributed by atoms with van der Waals surface area (Å²) in [4.78, 5) is 7.48. The number of fused-ring (bicyclic) bond motifs is 3. The summed E-state index contributed by atoms with van der Waals surface area (Å²) >= 11 is 0. The zero-order valence-corrected chi connectivity index (χ0v) is 11.1. The molecule has 0 fully saturated rings. The van der Waals surface area contributed by atoms with Crippen LogP contribution >= 0.6 is 0 Å². The van der Waals surface area contributed by atoms with E-state index >= 15 is 0 Å². The molecule has 0 saturated heterocycles. The highest BCUT2D eigenvalue weighted by molar-refractivity contribution is 6.02. The average Bonchev–Trinajstić information content (AvgIpc) is 2.89. The molecule has 0 aliphatic heterocycles. The Morgan fingerprint density at radius 3 is 2.36 bits per heavy atom. The second kappa shape index (κ2) is 4.88. The number of nitriles is 3. The molecule has 1 aliphatic rings. The Labute approximate surface area is 126 Å². The summed E-state index contributed by atoms with van der Waals surface area (Å²) in [6.07, 6.45) is 0. The van der Waals surface area contributed by atoms with Gasteiger partial charge in [-0.25, -0.2) is 15.1 Å². The van der Waals surface area contributed by atoms with E-state index in [-0.39, 0.29) is 17.0 Å². The van der Waals surface area contributed by atoms with E-state index in [1.165, 1.54) is 0 Å². The lowest BCUT2D eigenvalue weighted by Crippen LogP contribution is -1.96. The van der Waals surface area contributed by atoms with Gasteiger partial charge in [0.05, 0.1) is 23.9 Å². The third-order valence-electron chi connectivity index (χ3n) is 3.43. The second-order valence-electron chi connectivity index (χ2n) is 4.50. The Hall–Kier alpha value is -3.93. The van der Waals surface area contributed by atoms with Gasteiger partial charge >= 0.3 is 0 Å². The SMILES string of the molecule is [C-]#[N+]/C(C#N)=C1\c2ccccc2-c2cc(C#N)c(C#N)nc21. The number of allylic oxidation sites excluding steroid dienone is 1. The van der Waals surface area contributed by atoms with E-state index < -0.39 is 0 Å². The van der Waals surface area contributed by atoms with Crippen LogP contribution in [-0.2, 0) is 0 Å². The van der Waals surface area contributed by atoms with Gasteiger partial charge < -0.3 is 0 Å². The van der Waals surface area contributed by atoms with Gasteiger partial charge in [0.1, 0.15) is 12.1 Å². The van der Waals surface area contributed by atoms with Gasteiger partial charge in [0.25, 0.3) is 5.70 Å². The maximum Gasteiger partial charge on any atom is 0.271 e. The smallest absolute Gasteiger partial charge is 0.236 e. The molecule has 5 heteroatoms. The summed E-state index contributed by atoms with van der Waals surface area (Å²) in [5.74, 6) is 0. The second-order valence-corrected chi connectivity index (χ2v) is 4.50. The van der Waals surface area contributed by atoms with Crippen LogP contribution in [0.25, 0.3) is 21.5 Å². The van der Waals surface area contributed by atoms with Crippen LogP contribution in [0.5, 0.6) is 0 Å². The predicted molar refractivity (Wildman–Crippen MR) is 77.3 cm³/mol. The summed E-state index contributed by atoms with van der Waals surface area (Å²) in [7, 11) is 0. The highest BCUT2D eigenvalue weighted by Gasteiger charge is 2.29. The Bertz CT molecular complexity index is 1000. The van der Waals surface area contributed by atoms with Gasteiger partial charge in [0, 0.05) is 11.1 Å². The third-order valence-corrected chi connectivity index (χ3v) is 3.43. The zero-order valence-electron chi connectivity index (χ0n) is 11.1. The van der Waals surface area contributed by atoms with E-state index in [0.29, 0.717) is 16.8 Å². The summed E-state index contributed by atoms with van der Waals surface area (Å²) in [5, 5.41) is 27.5. The largest absolute Gasteiger partial charge is 0.271 e. The van der Waals surface area contributed by atoms with Crippen molar-refractivity contribution in [1.82, 2.24) is 4.98 Å². The monoisotopic (exact) mass is 279 g/mol. The highest BCUT2D eigenvalue weighted by atomic mass is 14.8. The summed E-state index contributed by atoms with van der Waals surface area (Å²) < 4.78 is 0. The Morgan fingerprint density at radius 2 is 1.77 bits per heavy atom. The molecule has 98 valence electrons. The highest BCUT2D eigenvalue weighted by Crippen LogP contribution is 2.45. The summed E-state index contributed by atoms with van der Waals surface area (Å²) in [5.41, 5.74) is 3.11. The van der Waals surface area contributed by atoms with Crippen LogP contribution in [-0.4, -0.2) is 4.98 Å².